The minimum absolute atomic E-state index is 0.800. The summed E-state index contributed by atoms with van der Waals surface area (Å²) in [4.78, 5) is 19.3. The van der Waals surface area contributed by atoms with Gasteiger partial charge in [-0.3, -0.25) is 9.97 Å². The molecule has 0 N–H and O–H groups in total. The molecule has 0 radical (unpaired) electrons. The molecular formula is C40H24N6S. The van der Waals surface area contributed by atoms with Crippen molar-refractivity contribution in [3.05, 3.63) is 146 Å². The second-order valence-corrected chi connectivity index (χ2v) is 11.8. The first-order chi connectivity index (χ1) is 23.3. The van der Waals surface area contributed by atoms with E-state index in [0.29, 0.717) is 0 Å². The summed E-state index contributed by atoms with van der Waals surface area (Å²) in [6.45, 7) is 0. The van der Waals surface area contributed by atoms with Crippen LogP contribution in [0.2, 0.25) is 0 Å². The van der Waals surface area contributed by atoms with Crippen molar-refractivity contribution in [3.8, 4) is 56.3 Å². The molecule has 0 fully saturated rings. The SMILES string of the molecule is c1ccc(-c2nc3cccc(-c4ccc(-c5cc(-c6ccccn6)nc(-c6ccccn6)c5)cc4)c3c3c2ccc2nsnc23)cc1. The first-order valence-electron chi connectivity index (χ1n) is 15.3. The number of fused-ring (bicyclic) bond motifs is 5. The van der Waals surface area contributed by atoms with Crippen molar-refractivity contribution in [2.24, 2.45) is 0 Å². The van der Waals surface area contributed by atoms with E-state index in [0.717, 1.165) is 89.0 Å². The van der Waals surface area contributed by atoms with Crippen molar-refractivity contribution < 1.29 is 0 Å². The summed E-state index contributed by atoms with van der Waals surface area (Å²) < 4.78 is 9.35. The van der Waals surface area contributed by atoms with Crippen molar-refractivity contribution in [3.63, 3.8) is 0 Å². The fraction of sp³-hybridized carbons (Fsp3) is 0. The van der Waals surface area contributed by atoms with Gasteiger partial charge in [0, 0.05) is 34.1 Å². The van der Waals surface area contributed by atoms with Crippen molar-refractivity contribution in [1.82, 2.24) is 28.7 Å². The van der Waals surface area contributed by atoms with Crippen molar-refractivity contribution in [2.45, 2.75) is 0 Å². The highest BCUT2D eigenvalue weighted by molar-refractivity contribution is 7.00. The highest BCUT2D eigenvalue weighted by atomic mass is 32.1. The van der Waals surface area contributed by atoms with E-state index in [1.165, 1.54) is 11.7 Å². The summed E-state index contributed by atoms with van der Waals surface area (Å²) >= 11 is 1.24. The predicted octanol–water partition coefficient (Wildman–Crippen LogP) is 9.91. The van der Waals surface area contributed by atoms with Crippen LogP contribution in [0, 0.1) is 0 Å². The van der Waals surface area contributed by atoms with Gasteiger partial charge in [0.2, 0.25) is 0 Å². The molecular weight excluding hydrogens is 597 g/mol. The van der Waals surface area contributed by atoms with E-state index in [9.17, 15) is 0 Å². The summed E-state index contributed by atoms with van der Waals surface area (Å²) in [6, 6.07) is 45.5. The second kappa shape index (κ2) is 11.3. The second-order valence-electron chi connectivity index (χ2n) is 11.3. The Hall–Kier alpha value is -6.18. The summed E-state index contributed by atoms with van der Waals surface area (Å²) in [6.07, 6.45) is 3.58. The molecule has 9 aromatic rings. The third-order valence-corrected chi connectivity index (χ3v) is 9.01. The van der Waals surface area contributed by atoms with Crippen LogP contribution in [0.3, 0.4) is 0 Å². The molecule has 6 nitrogen and oxygen atoms in total. The van der Waals surface area contributed by atoms with Gasteiger partial charge in [-0.1, -0.05) is 78.9 Å². The Bertz CT molecular complexity index is 2490. The topological polar surface area (TPSA) is 77.3 Å². The molecule has 4 aromatic carbocycles. The Morgan fingerprint density at radius 1 is 0.426 bits per heavy atom. The number of hydrogen-bond donors (Lipinski definition) is 0. The molecule has 5 aromatic heterocycles. The molecule has 0 aliphatic rings. The van der Waals surface area contributed by atoms with E-state index < -0.39 is 0 Å². The van der Waals surface area contributed by atoms with Gasteiger partial charge in [-0.25, -0.2) is 9.97 Å². The van der Waals surface area contributed by atoms with E-state index in [4.69, 9.17) is 14.3 Å². The summed E-state index contributed by atoms with van der Waals surface area (Å²) in [5.74, 6) is 0. The lowest BCUT2D eigenvalue weighted by molar-refractivity contribution is 1.22. The smallest absolute Gasteiger partial charge is 0.113 e. The maximum atomic E-state index is 5.23. The minimum atomic E-state index is 0.800. The molecule has 0 atom stereocenters. The van der Waals surface area contributed by atoms with Gasteiger partial charge in [-0.2, -0.15) is 8.75 Å². The third-order valence-electron chi connectivity index (χ3n) is 8.46. The summed E-state index contributed by atoms with van der Waals surface area (Å²) in [5, 5.41) is 3.22. The lowest BCUT2D eigenvalue weighted by Gasteiger charge is -2.14. The van der Waals surface area contributed by atoms with Gasteiger partial charge in [-0.05, 0) is 76.9 Å². The minimum Gasteiger partial charge on any atom is -0.255 e. The highest BCUT2D eigenvalue weighted by Gasteiger charge is 2.18. The van der Waals surface area contributed by atoms with Crippen molar-refractivity contribution in [1.29, 1.82) is 0 Å². The van der Waals surface area contributed by atoms with Gasteiger partial charge in [0.25, 0.3) is 0 Å². The first-order valence-corrected chi connectivity index (χ1v) is 16.0. The molecule has 0 bridgehead atoms. The molecule has 0 spiro atoms. The highest BCUT2D eigenvalue weighted by Crippen LogP contribution is 2.41. The molecule has 7 heteroatoms. The molecule has 47 heavy (non-hydrogen) atoms. The zero-order valence-corrected chi connectivity index (χ0v) is 25.8. The van der Waals surface area contributed by atoms with E-state index in [2.05, 4.69) is 99.3 Å². The van der Waals surface area contributed by atoms with Crippen LogP contribution < -0.4 is 0 Å². The van der Waals surface area contributed by atoms with Crippen LogP contribution in [0.15, 0.2) is 146 Å². The molecule has 0 aliphatic heterocycles. The van der Waals surface area contributed by atoms with Gasteiger partial charge in [0.1, 0.15) is 11.0 Å². The zero-order chi connectivity index (χ0) is 31.2. The van der Waals surface area contributed by atoms with Crippen LogP contribution >= 0.6 is 11.7 Å². The van der Waals surface area contributed by atoms with Crippen molar-refractivity contribution in [2.75, 3.05) is 0 Å². The standard InChI is InChI=1S/C40H24N6S/c1-2-9-27(10-3-1)39-30-19-20-34-40(46-47-45-34)38(30)37-29(11-8-14-33(37)44-39)26-17-15-25(16-18-26)28-23-35(31-12-4-6-21-41-31)43-36(24-28)32-13-5-7-22-42-32/h1-24H. The van der Waals surface area contributed by atoms with Crippen LogP contribution in [-0.2, 0) is 0 Å². The van der Waals surface area contributed by atoms with Gasteiger partial charge in [-0.15, -0.1) is 0 Å². The molecule has 0 unspecified atom stereocenters. The van der Waals surface area contributed by atoms with Crippen LogP contribution in [-0.4, -0.2) is 28.7 Å². The Morgan fingerprint density at radius 3 is 1.83 bits per heavy atom. The summed E-state index contributed by atoms with van der Waals surface area (Å²) in [7, 11) is 0. The monoisotopic (exact) mass is 620 g/mol. The van der Waals surface area contributed by atoms with Crippen LogP contribution in [0.5, 0.6) is 0 Å². The van der Waals surface area contributed by atoms with E-state index in [1.807, 2.05) is 48.5 Å². The van der Waals surface area contributed by atoms with E-state index >= 15 is 0 Å². The summed E-state index contributed by atoms with van der Waals surface area (Å²) in [5.41, 5.74) is 12.3. The Balaban J connectivity index is 1.21. The van der Waals surface area contributed by atoms with Crippen LogP contribution in [0.4, 0.5) is 0 Å². The van der Waals surface area contributed by atoms with Crippen LogP contribution in [0.25, 0.3) is 89.0 Å². The molecule has 0 aliphatic carbocycles. The quantitative estimate of drug-likeness (QED) is 0.178. The van der Waals surface area contributed by atoms with Gasteiger partial charge in [0.05, 0.1) is 45.7 Å². The lowest BCUT2D eigenvalue weighted by Crippen LogP contribution is -1.94. The number of pyridine rings is 4. The number of benzene rings is 4. The van der Waals surface area contributed by atoms with Crippen LogP contribution in [0.1, 0.15) is 0 Å². The predicted molar refractivity (Wildman–Crippen MR) is 191 cm³/mol. The van der Waals surface area contributed by atoms with Crippen molar-refractivity contribution >= 4 is 44.4 Å². The maximum absolute atomic E-state index is 5.23. The largest absolute Gasteiger partial charge is 0.255 e. The molecule has 9 rings (SSSR count). The fourth-order valence-corrected chi connectivity index (χ4v) is 6.81. The van der Waals surface area contributed by atoms with Gasteiger partial charge >= 0.3 is 0 Å². The average molecular weight is 621 g/mol. The maximum Gasteiger partial charge on any atom is 0.113 e. The zero-order valence-electron chi connectivity index (χ0n) is 24.9. The average Bonchev–Trinajstić information content (AvgIpc) is 3.65. The fourth-order valence-electron chi connectivity index (χ4n) is 6.27. The lowest BCUT2D eigenvalue weighted by atomic mass is 9.92. The van der Waals surface area contributed by atoms with Gasteiger partial charge in [0.15, 0.2) is 0 Å². The Morgan fingerprint density at radius 2 is 1.13 bits per heavy atom. The van der Waals surface area contributed by atoms with E-state index in [-0.39, 0.29) is 0 Å². The molecule has 0 amide bonds. The number of nitrogens with zero attached hydrogens (tertiary/aromatic N) is 6. The van der Waals surface area contributed by atoms with Gasteiger partial charge < -0.3 is 0 Å². The molecule has 0 saturated carbocycles. The molecule has 220 valence electrons. The first kappa shape index (κ1) is 27.2. The number of rotatable bonds is 5. The Kier molecular flexibility index (Phi) is 6.54. The molecule has 5 heterocycles. The Labute approximate surface area is 274 Å². The number of aromatic nitrogens is 6. The normalized spacial score (nSPS) is 11.4. The number of hydrogen-bond acceptors (Lipinski definition) is 7. The van der Waals surface area contributed by atoms with E-state index in [1.54, 1.807) is 12.4 Å². The third kappa shape index (κ3) is 4.81. The molecule has 0 saturated heterocycles.